The van der Waals surface area contributed by atoms with Crippen LogP contribution in [0.25, 0.3) is 0 Å². The molecule has 0 bridgehead atoms. The first kappa shape index (κ1) is 16.7. The molecular formula is C19H19BrN2O2. The summed E-state index contributed by atoms with van der Waals surface area (Å²) < 4.78 is 0.967. The van der Waals surface area contributed by atoms with Gasteiger partial charge in [-0.2, -0.15) is 0 Å². The highest BCUT2D eigenvalue weighted by atomic mass is 79.9. The Morgan fingerprint density at radius 1 is 1.25 bits per heavy atom. The summed E-state index contributed by atoms with van der Waals surface area (Å²) in [6.45, 7) is 1.98. The SMILES string of the molecule is Cc1cc(Br)ccc1NC(=O)CN(C)C(=O)[C@@H]1Cc2ccccc21. The molecule has 124 valence electrons. The molecule has 2 amide bonds. The number of nitrogens with one attached hydrogen (secondary N) is 1. The fourth-order valence-corrected chi connectivity index (χ4v) is 3.47. The van der Waals surface area contributed by atoms with Crippen LogP contribution in [0.1, 0.15) is 22.6 Å². The van der Waals surface area contributed by atoms with E-state index in [-0.39, 0.29) is 24.3 Å². The molecule has 1 atom stereocenters. The highest BCUT2D eigenvalue weighted by Gasteiger charge is 2.33. The first-order valence-electron chi connectivity index (χ1n) is 7.84. The maximum absolute atomic E-state index is 12.5. The lowest BCUT2D eigenvalue weighted by Gasteiger charge is -2.32. The average Bonchev–Trinajstić information content (AvgIpc) is 2.51. The number of carbonyl (C=O) groups is 2. The van der Waals surface area contributed by atoms with E-state index in [9.17, 15) is 9.59 Å². The number of aryl methyl sites for hydroxylation is 1. The summed E-state index contributed by atoms with van der Waals surface area (Å²) in [7, 11) is 1.68. The van der Waals surface area contributed by atoms with Crippen molar-refractivity contribution in [2.45, 2.75) is 19.3 Å². The van der Waals surface area contributed by atoms with Gasteiger partial charge in [-0.25, -0.2) is 0 Å². The monoisotopic (exact) mass is 386 g/mol. The van der Waals surface area contributed by atoms with Crippen LogP contribution >= 0.6 is 15.9 Å². The van der Waals surface area contributed by atoms with Gasteiger partial charge in [-0.1, -0.05) is 40.2 Å². The Balaban J connectivity index is 1.59. The van der Waals surface area contributed by atoms with Gasteiger partial charge in [0.1, 0.15) is 0 Å². The molecule has 5 heteroatoms. The minimum atomic E-state index is -0.191. The molecule has 4 nitrogen and oxygen atoms in total. The third-order valence-electron chi connectivity index (χ3n) is 4.37. The molecule has 0 unspecified atom stereocenters. The molecule has 2 aromatic carbocycles. The van der Waals surface area contributed by atoms with Crippen molar-refractivity contribution in [2.24, 2.45) is 0 Å². The molecule has 0 saturated heterocycles. The fraction of sp³-hybridized carbons (Fsp3) is 0.263. The van der Waals surface area contributed by atoms with Crippen LogP contribution in [0.2, 0.25) is 0 Å². The van der Waals surface area contributed by atoms with E-state index in [1.807, 2.05) is 49.4 Å². The van der Waals surface area contributed by atoms with Gasteiger partial charge in [0, 0.05) is 17.2 Å². The van der Waals surface area contributed by atoms with Crippen LogP contribution < -0.4 is 5.32 Å². The largest absolute Gasteiger partial charge is 0.336 e. The number of fused-ring (bicyclic) bond motifs is 1. The molecule has 0 saturated carbocycles. The van der Waals surface area contributed by atoms with E-state index >= 15 is 0 Å². The Bertz CT molecular complexity index is 804. The maximum Gasteiger partial charge on any atom is 0.243 e. The predicted octanol–water partition coefficient (Wildman–Crippen LogP) is 3.49. The Labute approximate surface area is 150 Å². The molecule has 1 N–H and O–H groups in total. The van der Waals surface area contributed by atoms with Crippen LogP contribution in [-0.2, 0) is 16.0 Å². The van der Waals surface area contributed by atoms with Crippen LogP contribution in [0, 0.1) is 6.92 Å². The summed E-state index contributed by atoms with van der Waals surface area (Å²) in [6.07, 6.45) is 0.757. The Kier molecular flexibility index (Phi) is 4.71. The summed E-state index contributed by atoms with van der Waals surface area (Å²) in [5.74, 6) is -0.311. The third-order valence-corrected chi connectivity index (χ3v) is 4.87. The highest BCUT2D eigenvalue weighted by molar-refractivity contribution is 9.10. The van der Waals surface area contributed by atoms with Gasteiger partial charge in [0.25, 0.3) is 0 Å². The van der Waals surface area contributed by atoms with Crippen molar-refractivity contribution >= 4 is 33.4 Å². The maximum atomic E-state index is 12.5. The van der Waals surface area contributed by atoms with Crippen molar-refractivity contribution in [1.29, 1.82) is 0 Å². The van der Waals surface area contributed by atoms with Crippen molar-refractivity contribution in [1.82, 2.24) is 4.90 Å². The second kappa shape index (κ2) is 6.77. The van der Waals surface area contributed by atoms with Crippen molar-refractivity contribution in [3.63, 3.8) is 0 Å². The molecule has 24 heavy (non-hydrogen) atoms. The van der Waals surface area contributed by atoms with Gasteiger partial charge in [-0.3, -0.25) is 9.59 Å². The van der Waals surface area contributed by atoms with E-state index in [4.69, 9.17) is 0 Å². The Morgan fingerprint density at radius 3 is 2.71 bits per heavy atom. The van der Waals surface area contributed by atoms with Gasteiger partial charge in [0.15, 0.2) is 0 Å². The molecule has 0 heterocycles. The van der Waals surface area contributed by atoms with E-state index in [0.29, 0.717) is 0 Å². The van der Waals surface area contributed by atoms with E-state index in [0.717, 1.165) is 27.7 Å². The molecule has 0 aliphatic heterocycles. The molecule has 0 aromatic heterocycles. The van der Waals surface area contributed by atoms with E-state index in [1.165, 1.54) is 10.5 Å². The number of benzene rings is 2. The third kappa shape index (κ3) is 3.36. The number of carbonyl (C=O) groups excluding carboxylic acids is 2. The summed E-state index contributed by atoms with van der Waals surface area (Å²) in [5, 5.41) is 2.86. The number of amides is 2. The Morgan fingerprint density at radius 2 is 2.00 bits per heavy atom. The molecule has 0 radical (unpaired) electrons. The quantitative estimate of drug-likeness (QED) is 0.873. The van der Waals surface area contributed by atoms with Gasteiger partial charge >= 0.3 is 0 Å². The molecular weight excluding hydrogens is 368 g/mol. The summed E-state index contributed by atoms with van der Waals surface area (Å²) >= 11 is 3.40. The molecule has 0 spiro atoms. The van der Waals surface area contributed by atoms with Crippen LogP contribution in [0.4, 0.5) is 5.69 Å². The number of halogens is 1. The molecule has 1 aliphatic rings. The van der Waals surface area contributed by atoms with E-state index in [1.54, 1.807) is 7.05 Å². The number of anilines is 1. The molecule has 1 aliphatic carbocycles. The lowest BCUT2D eigenvalue weighted by Crippen LogP contribution is -2.41. The first-order chi connectivity index (χ1) is 11.5. The van der Waals surface area contributed by atoms with Crippen LogP contribution in [0.5, 0.6) is 0 Å². The molecule has 2 aromatic rings. The van der Waals surface area contributed by atoms with Crippen molar-refractivity contribution in [3.8, 4) is 0 Å². The first-order valence-corrected chi connectivity index (χ1v) is 8.64. The summed E-state index contributed by atoms with van der Waals surface area (Å²) in [5.41, 5.74) is 4.04. The van der Waals surface area contributed by atoms with Crippen LogP contribution in [0.15, 0.2) is 46.9 Å². The van der Waals surface area contributed by atoms with Gasteiger partial charge in [-0.15, -0.1) is 0 Å². The molecule has 3 rings (SSSR count). The van der Waals surface area contributed by atoms with E-state index in [2.05, 4.69) is 21.2 Å². The summed E-state index contributed by atoms with van der Waals surface area (Å²) in [6, 6.07) is 13.6. The number of likely N-dealkylation sites (N-methyl/N-ethyl adjacent to an activating group) is 1. The number of hydrogen-bond acceptors (Lipinski definition) is 2. The minimum Gasteiger partial charge on any atom is -0.336 e. The lowest BCUT2D eigenvalue weighted by molar-refractivity contribution is -0.135. The standard InChI is InChI=1S/C19H19BrN2O2/c1-12-9-14(20)7-8-17(12)21-18(23)11-22(2)19(24)16-10-13-5-3-4-6-15(13)16/h3-9,16H,10-11H2,1-2H3,(H,21,23)/t16-/m1/s1. The average molecular weight is 387 g/mol. The molecule has 0 fully saturated rings. The Hall–Kier alpha value is -2.14. The van der Waals surface area contributed by atoms with Crippen molar-refractivity contribution in [3.05, 3.63) is 63.6 Å². The van der Waals surface area contributed by atoms with Gasteiger partial charge in [0.2, 0.25) is 11.8 Å². The van der Waals surface area contributed by atoms with Gasteiger partial charge in [-0.05, 0) is 48.2 Å². The number of nitrogens with zero attached hydrogens (tertiary/aromatic N) is 1. The topological polar surface area (TPSA) is 49.4 Å². The normalized spacial score (nSPS) is 15.2. The second-order valence-corrected chi connectivity index (χ2v) is 7.07. The zero-order chi connectivity index (χ0) is 17.3. The number of hydrogen-bond donors (Lipinski definition) is 1. The van der Waals surface area contributed by atoms with E-state index < -0.39 is 0 Å². The lowest BCUT2D eigenvalue weighted by atomic mass is 9.77. The number of rotatable bonds is 4. The zero-order valence-corrected chi connectivity index (χ0v) is 15.3. The smallest absolute Gasteiger partial charge is 0.243 e. The summed E-state index contributed by atoms with van der Waals surface area (Å²) in [4.78, 5) is 26.3. The van der Waals surface area contributed by atoms with Crippen LogP contribution in [0.3, 0.4) is 0 Å². The highest BCUT2D eigenvalue weighted by Crippen LogP contribution is 2.35. The van der Waals surface area contributed by atoms with Gasteiger partial charge in [0.05, 0.1) is 12.5 Å². The van der Waals surface area contributed by atoms with Crippen LogP contribution in [-0.4, -0.2) is 30.3 Å². The predicted molar refractivity (Wildman–Crippen MR) is 98.0 cm³/mol. The fourth-order valence-electron chi connectivity index (χ4n) is 3.00. The van der Waals surface area contributed by atoms with Crippen molar-refractivity contribution < 1.29 is 9.59 Å². The minimum absolute atomic E-state index is 0.00335. The van der Waals surface area contributed by atoms with Gasteiger partial charge < -0.3 is 10.2 Å². The van der Waals surface area contributed by atoms with Crippen molar-refractivity contribution in [2.75, 3.05) is 18.9 Å². The second-order valence-electron chi connectivity index (χ2n) is 6.16. The zero-order valence-electron chi connectivity index (χ0n) is 13.7.